The molecule has 1 aromatic rings. The Morgan fingerprint density at radius 2 is 1.88 bits per heavy atom. The topological polar surface area (TPSA) is 39.9 Å². The molecule has 1 aromatic heterocycles. The molecule has 0 spiro atoms. The third-order valence-corrected chi connectivity index (χ3v) is 2.78. The highest BCUT2D eigenvalue weighted by Crippen LogP contribution is 2.10. The molecule has 4 heteroatoms. The molecule has 0 aliphatic carbocycles. The van der Waals surface area contributed by atoms with E-state index < -0.39 is 0 Å². The van der Waals surface area contributed by atoms with Crippen LogP contribution in [0.5, 0.6) is 0 Å². The Bertz CT molecular complexity index is 310. The van der Waals surface area contributed by atoms with Crippen LogP contribution in [0.25, 0.3) is 0 Å². The molecule has 0 amide bonds. The van der Waals surface area contributed by atoms with E-state index >= 15 is 0 Å². The molecule has 0 bridgehead atoms. The lowest BCUT2D eigenvalue weighted by Gasteiger charge is -2.20. The summed E-state index contributed by atoms with van der Waals surface area (Å²) in [6.45, 7) is 6.16. The van der Waals surface area contributed by atoms with E-state index in [1.54, 1.807) is 0 Å². The van der Waals surface area contributed by atoms with Crippen LogP contribution < -0.4 is 0 Å². The maximum absolute atomic E-state index is 8.93. The first-order valence-electron chi connectivity index (χ1n) is 6.21. The van der Waals surface area contributed by atoms with Gasteiger partial charge in [-0.1, -0.05) is 6.92 Å². The summed E-state index contributed by atoms with van der Waals surface area (Å²) in [7, 11) is 4.19. The molecular weight excluding hydrogens is 216 g/mol. The molecule has 1 N–H and O–H groups in total. The molecule has 0 radical (unpaired) electrons. The van der Waals surface area contributed by atoms with Crippen molar-refractivity contribution in [3.8, 4) is 0 Å². The van der Waals surface area contributed by atoms with Crippen molar-refractivity contribution >= 4 is 0 Å². The zero-order chi connectivity index (χ0) is 12.7. The van der Waals surface area contributed by atoms with Gasteiger partial charge in [-0.3, -0.25) is 4.90 Å². The molecule has 98 valence electrons. The molecule has 1 rings (SSSR count). The fourth-order valence-electron chi connectivity index (χ4n) is 1.77. The van der Waals surface area contributed by atoms with Crippen LogP contribution in [-0.2, 0) is 13.2 Å². The molecule has 4 nitrogen and oxygen atoms in total. The number of hydrogen-bond donors (Lipinski definition) is 1. The minimum absolute atomic E-state index is 0.0211. The number of aliphatic hydroxyl groups is 1. The Morgan fingerprint density at radius 3 is 2.41 bits per heavy atom. The Labute approximate surface area is 104 Å². The van der Waals surface area contributed by atoms with Crippen LogP contribution >= 0.6 is 0 Å². The Balaban J connectivity index is 2.35. The lowest BCUT2D eigenvalue weighted by molar-refractivity contribution is 0.218. The molecule has 0 saturated heterocycles. The van der Waals surface area contributed by atoms with Crippen LogP contribution in [0.4, 0.5) is 0 Å². The lowest BCUT2D eigenvalue weighted by Crippen LogP contribution is -2.26. The van der Waals surface area contributed by atoms with Crippen molar-refractivity contribution in [3.05, 3.63) is 23.7 Å². The second-order valence-electron chi connectivity index (χ2n) is 4.55. The van der Waals surface area contributed by atoms with Gasteiger partial charge in [0.25, 0.3) is 0 Å². The average Bonchev–Trinajstić information content (AvgIpc) is 2.75. The molecule has 0 aliphatic heterocycles. The maximum atomic E-state index is 8.93. The van der Waals surface area contributed by atoms with Crippen molar-refractivity contribution in [1.29, 1.82) is 0 Å². The van der Waals surface area contributed by atoms with Crippen LogP contribution in [-0.4, -0.2) is 48.6 Å². The quantitative estimate of drug-likeness (QED) is 0.748. The van der Waals surface area contributed by atoms with Crippen molar-refractivity contribution < 1.29 is 9.52 Å². The van der Waals surface area contributed by atoms with Crippen LogP contribution in [0.3, 0.4) is 0 Å². The van der Waals surface area contributed by atoms with Gasteiger partial charge in [0, 0.05) is 0 Å². The molecular formula is C13H24N2O2. The maximum Gasteiger partial charge on any atom is 0.129 e. The highest BCUT2D eigenvalue weighted by molar-refractivity contribution is 5.06. The first kappa shape index (κ1) is 14.2. The summed E-state index contributed by atoms with van der Waals surface area (Å²) in [5, 5.41) is 8.93. The number of hydrogen-bond acceptors (Lipinski definition) is 4. The van der Waals surface area contributed by atoms with E-state index in [1.807, 2.05) is 12.1 Å². The molecule has 0 atom stereocenters. The summed E-state index contributed by atoms with van der Waals surface area (Å²) >= 11 is 0. The molecule has 0 unspecified atom stereocenters. The van der Waals surface area contributed by atoms with Crippen molar-refractivity contribution in [1.82, 2.24) is 9.80 Å². The van der Waals surface area contributed by atoms with Crippen molar-refractivity contribution in [2.45, 2.75) is 26.5 Å². The summed E-state index contributed by atoms with van der Waals surface area (Å²) in [5.74, 6) is 1.57. The second kappa shape index (κ2) is 7.48. The van der Waals surface area contributed by atoms with E-state index in [0.717, 1.165) is 38.4 Å². The van der Waals surface area contributed by atoms with Crippen LogP contribution in [0, 0.1) is 0 Å². The zero-order valence-electron chi connectivity index (χ0n) is 11.1. The van der Waals surface area contributed by atoms with Gasteiger partial charge in [0.05, 0.1) is 6.54 Å². The molecule has 0 aromatic carbocycles. The number of rotatable bonds is 8. The summed E-state index contributed by atoms with van der Waals surface area (Å²) in [4.78, 5) is 4.55. The van der Waals surface area contributed by atoms with Crippen LogP contribution in [0.15, 0.2) is 16.5 Å². The molecule has 0 aliphatic rings. The van der Waals surface area contributed by atoms with Crippen molar-refractivity contribution in [2.24, 2.45) is 0 Å². The molecule has 17 heavy (non-hydrogen) atoms. The highest BCUT2D eigenvalue weighted by Gasteiger charge is 2.07. The summed E-state index contributed by atoms with van der Waals surface area (Å²) in [6.07, 6.45) is 1.16. The smallest absolute Gasteiger partial charge is 0.129 e. The van der Waals surface area contributed by atoms with E-state index in [9.17, 15) is 0 Å². The molecule has 0 saturated carbocycles. The minimum atomic E-state index is -0.0211. The van der Waals surface area contributed by atoms with Crippen LogP contribution in [0.2, 0.25) is 0 Å². The largest absolute Gasteiger partial charge is 0.462 e. The number of nitrogens with zero attached hydrogens (tertiary/aromatic N) is 2. The summed E-state index contributed by atoms with van der Waals surface area (Å²) in [5.41, 5.74) is 0. The van der Waals surface area contributed by atoms with Gasteiger partial charge in [-0.05, 0) is 52.3 Å². The fourth-order valence-corrected chi connectivity index (χ4v) is 1.77. The monoisotopic (exact) mass is 240 g/mol. The minimum Gasteiger partial charge on any atom is -0.462 e. The summed E-state index contributed by atoms with van der Waals surface area (Å²) < 4.78 is 5.49. The third-order valence-electron chi connectivity index (χ3n) is 2.78. The Hall–Kier alpha value is -0.840. The van der Waals surface area contributed by atoms with Gasteiger partial charge in [0.2, 0.25) is 0 Å². The zero-order valence-corrected chi connectivity index (χ0v) is 11.1. The average molecular weight is 240 g/mol. The van der Waals surface area contributed by atoms with E-state index in [-0.39, 0.29) is 6.61 Å². The van der Waals surface area contributed by atoms with Gasteiger partial charge < -0.3 is 14.4 Å². The predicted molar refractivity (Wildman–Crippen MR) is 68.8 cm³/mol. The fraction of sp³-hybridized carbons (Fsp3) is 0.692. The van der Waals surface area contributed by atoms with E-state index in [0.29, 0.717) is 5.76 Å². The van der Waals surface area contributed by atoms with E-state index in [2.05, 4.69) is 30.8 Å². The Morgan fingerprint density at radius 1 is 1.18 bits per heavy atom. The normalized spacial score (nSPS) is 11.6. The van der Waals surface area contributed by atoms with E-state index in [1.165, 1.54) is 0 Å². The van der Waals surface area contributed by atoms with Gasteiger partial charge in [0.1, 0.15) is 18.1 Å². The SMILES string of the molecule is CCN(CCCN(C)C)Cc1ccc(CO)o1. The lowest BCUT2D eigenvalue weighted by atomic mass is 10.3. The van der Waals surface area contributed by atoms with E-state index in [4.69, 9.17) is 9.52 Å². The van der Waals surface area contributed by atoms with Gasteiger partial charge in [-0.2, -0.15) is 0 Å². The molecule has 0 fully saturated rings. The first-order valence-corrected chi connectivity index (χ1v) is 6.21. The Kier molecular flexibility index (Phi) is 6.26. The summed E-state index contributed by atoms with van der Waals surface area (Å²) in [6, 6.07) is 3.78. The first-order chi connectivity index (χ1) is 8.15. The predicted octanol–water partition coefficient (Wildman–Crippen LogP) is 1.55. The van der Waals surface area contributed by atoms with Gasteiger partial charge in [-0.25, -0.2) is 0 Å². The highest BCUT2D eigenvalue weighted by atomic mass is 16.4. The standard InChI is InChI=1S/C13H24N2O2/c1-4-15(9-5-8-14(2)3)10-12-6-7-13(11-16)17-12/h6-7,16H,4-5,8-11H2,1-3H3. The second-order valence-corrected chi connectivity index (χ2v) is 4.55. The molecule has 1 heterocycles. The van der Waals surface area contributed by atoms with Gasteiger partial charge in [-0.15, -0.1) is 0 Å². The van der Waals surface area contributed by atoms with Crippen molar-refractivity contribution in [3.63, 3.8) is 0 Å². The number of aliphatic hydroxyl groups excluding tert-OH is 1. The van der Waals surface area contributed by atoms with Gasteiger partial charge in [0.15, 0.2) is 0 Å². The van der Waals surface area contributed by atoms with Crippen molar-refractivity contribution in [2.75, 3.05) is 33.7 Å². The third kappa shape index (κ3) is 5.35. The number of furan rings is 1. The van der Waals surface area contributed by atoms with Crippen LogP contribution in [0.1, 0.15) is 24.9 Å². The van der Waals surface area contributed by atoms with Gasteiger partial charge >= 0.3 is 0 Å².